The van der Waals surface area contributed by atoms with Crippen molar-refractivity contribution in [3.05, 3.63) is 30.1 Å². The van der Waals surface area contributed by atoms with Crippen molar-refractivity contribution in [2.24, 2.45) is 5.92 Å². The highest BCUT2D eigenvalue weighted by atomic mass is 14.6. The number of rotatable bonds is 0. The minimum absolute atomic E-state index is 1.08. The van der Waals surface area contributed by atoms with E-state index in [1.54, 1.807) is 12.4 Å². The topological polar surface area (TPSA) is 12.9 Å². The van der Waals surface area contributed by atoms with Gasteiger partial charge < -0.3 is 0 Å². The molecule has 0 saturated heterocycles. The van der Waals surface area contributed by atoms with Gasteiger partial charge >= 0.3 is 0 Å². The molecule has 2 rings (SSSR count). The second kappa shape index (κ2) is 7.78. The van der Waals surface area contributed by atoms with E-state index < -0.39 is 0 Å². The van der Waals surface area contributed by atoms with Crippen LogP contribution in [0.1, 0.15) is 39.2 Å². The zero-order chi connectivity index (χ0) is 10.1. The number of aryl methyl sites for hydroxylation is 1. The van der Waals surface area contributed by atoms with Crippen LogP contribution in [0.25, 0.3) is 0 Å². The first-order valence-corrected chi connectivity index (χ1v) is 5.15. The molecule has 1 aliphatic rings. The number of nitrogens with zero attached hydrogens (tertiary/aromatic N) is 1. The maximum Gasteiger partial charge on any atom is 0.0270 e. The lowest BCUT2D eigenvalue weighted by atomic mass is 10.3. The largest absolute Gasteiger partial charge is 0.265 e. The number of hydrogen-bond acceptors (Lipinski definition) is 1. The molecular weight excluding hydrogens is 158 g/mol. The second-order valence-corrected chi connectivity index (χ2v) is 3.21. The quantitative estimate of drug-likeness (QED) is 0.589. The Labute approximate surface area is 82.2 Å². The molecule has 0 amide bonds. The molecule has 0 aliphatic heterocycles. The van der Waals surface area contributed by atoms with Gasteiger partial charge in [0, 0.05) is 12.4 Å². The number of aromatic nitrogens is 1. The van der Waals surface area contributed by atoms with Crippen LogP contribution in [0.2, 0.25) is 0 Å². The molecule has 0 radical (unpaired) electrons. The maximum atomic E-state index is 3.85. The van der Waals surface area contributed by atoms with Gasteiger partial charge in [-0.05, 0) is 30.5 Å². The number of pyridine rings is 1. The summed E-state index contributed by atoms with van der Waals surface area (Å²) in [4.78, 5) is 3.85. The smallest absolute Gasteiger partial charge is 0.0270 e. The lowest BCUT2D eigenvalue weighted by molar-refractivity contribution is 0.983. The zero-order valence-electron chi connectivity index (χ0n) is 9.25. The van der Waals surface area contributed by atoms with Crippen molar-refractivity contribution in [2.45, 2.75) is 40.5 Å². The van der Waals surface area contributed by atoms with E-state index in [9.17, 15) is 0 Å². The van der Waals surface area contributed by atoms with Crippen molar-refractivity contribution in [3.63, 3.8) is 0 Å². The molecule has 0 spiro atoms. The Morgan fingerprint density at radius 1 is 1.15 bits per heavy atom. The summed E-state index contributed by atoms with van der Waals surface area (Å²) >= 11 is 0. The Balaban J connectivity index is 0.000000204. The lowest BCUT2D eigenvalue weighted by Gasteiger charge is -1.82. The van der Waals surface area contributed by atoms with Crippen LogP contribution >= 0.6 is 0 Å². The number of hydrogen-bond donors (Lipinski definition) is 0. The van der Waals surface area contributed by atoms with Crippen molar-refractivity contribution in [1.29, 1.82) is 0 Å². The van der Waals surface area contributed by atoms with E-state index >= 15 is 0 Å². The Kier molecular flexibility index (Phi) is 7.27. The van der Waals surface area contributed by atoms with E-state index in [1.165, 1.54) is 18.4 Å². The van der Waals surface area contributed by atoms with E-state index in [0.717, 1.165) is 5.92 Å². The highest BCUT2D eigenvalue weighted by Gasteiger charge is 2.12. The molecule has 0 atom stereocenters. The Hall–Kier alpha value is -0.850. The van der Waals surface area contributed by atoms with E-state index in [2.05, 4.69) is 11.9 Å². The summed E-state index contributed by atoms with van der Waals surface area (Å²) < 4.78 is 0. The molecule has 1 heteroatoms. The lowest BCUT2D eigenvalue weighted by Crippen LogP contribution is -1.68. The summed E-state index contributed by atoms with van der Waals surface area (Å²) in [5.41, 5.74) is 1.26. The van der Waals surface area contributed by atoms with Crippen LogP contribution in [-0.2, 0) is 0 Å². The van der Waals surface area contributed by atoms with Crippen LogP contribution in [0.3, 0.4) is 0 Å². The van der Waals surface area contributed by atoms with Gasteiger partial charge in [-0.15, -0.1) is 0 Å². The normalized spacial score (nSPS) is 13.2. The zero-order valence-corrected chi connectivity index (χ0v) is 9.25. The Morgan fingerprint density at radius 3 is 1.69 bits per heavy atom. The van der Waals surface area contributed by atoms with E-state index in [4.69, 9.17) is 0 Å². The molecule has 0 bridgehead atoms. The average molecular weight is 179 g/mol. The Morgan fingerprint density at radius 2 is 1.54 bits per heavy atom. The van der Waals surface area contributed by atoms with Crippen molar-refractivity contribution in [3.8, 4) is 0 Å². The van der Waals surface area contributed by atoms with Gasteiger partial charge in [-0.1, -0.05) is 33.6 Å². The summed E-state index contributed by atoms with van der Waals surface area (Å²) in [6.45, 7) is 8.32. The third kappa shape index (κ3) is 9.06. The summed E-state index contributed by atoms with van der Waals surface area (Å²) in [5.74, 6) is 1.08. The summed E-state index contributed by atoms with van der Waals surface area (Å²) in [6, 6.07) is 3.94. The average Bonchev–Trinajstić information content (AvgIpc) is 2.94. The molecule has 1 heterocycles. The van der Waals surface area contributed by atoms with Gasteiger partial charge in [0.2, 0.25) is 0 Å². The molecule has 1 fully saturated rings. The van der Waals surface area contributed by atoms with Crippen LogP contribution in [-0.4, -0.2) is 4.98 Å². The summed E-state index contributed by atoms with van der Waals surface area (Å²) in [6.07, 6.45) is 6.55. The molecule has 1 saturated carbocycles. The van der Waals surface area contributed by atoms with Gasteiger partial charge in [0.15, 0.2) is 0 Å². The third-order valence-electron chi connectivity index (χ3n) is 1.71. The molecule has 0 aromatic carbocycles. The first-order valence-electron chi connectivity index (χ1n) is 5.15. The van der Waals surface area contributed by atoms with Crippen molar-refractivity contribution >= 4 is 0 Å². The molecule has 0 N–H and O–H groups in total. The standard InChI is InChI=1S/C6H7N.C4H8.C2H6/c1-6-2-4-7-5-3-6;1-4-2-3-4;1-2/h2-5H,1H3;4H,2-3H2,1H3;1-2H3. The van der Waals surface area contributed by atoms with Gasteiger partial charge in [-0.2, -0.15) is 0 Å². The van der Waals surface area contributed by atoms with Crippen LogP contribution < -0.4 is 0 Å². The van der Waals surface area contributed by atoms with Crippen molar-refractivity contribution in [1.82, 2.24) is 4.98 Å². The van der Waals surface area contributed by atoms with E-state index in [-0.39, 0.29) is 0 Å². The van der Waals surface area contributed by atoms with Gasteiger partial charge in [-0.25, -0.2) is 0 Å². The minimum Gasteiger partial charge on any atom is -0.265 e. The SMILES string of the molecule is CC.CC1CC1.Cc1ccncc1. The van der Waals surface area contributed by atoms with Crippen LogP contribution in [0.4, 0.5) is 0 Å². The highest BCUT2D eigenvalue weighted by Crippen LogP contribution is 2.26. The summed E-state index contributed by atoms with van der Waals surface area (Å²) in [7, 11) is 0. The van der Waals surface area contributed by atoms with Gasteiger partial charge in [0.05, 0.1) is 0 Å². The molecule has 1 nitrogen and oxygen atoms in total. The van der Waals surface area contributed by atoms with E-state index in [0.29, 0.717) is 0 Å². The molecule has 1 aromatic heterocycles. The van der Waals surface area contributed by atoms with Gasteiger partial charge in [0.1, 0.15) is 0 Å². The minimum atomic E-state index is 1.08. The maximum absolute atomic E-state index is 3.85. The predicted molar refractivity (Wildman–Crippen MR) is 58.7 cm³/mol. The van der Waals surface area contributed by atoms with Gasteiger partial charge in [-0.3, -0.25) is 4.98 Å². The molecule has 1 aromatic rings. The Bertz CT molecular complexity index is 190. The van der Waals surface area contributed by atoms with E-state index in [1.807, 2.05) is 32.9 Å². The highest BCUT2D eigenvalue weighted by molar-refractivity contribution is 5.05. The first-order chi connectivity index (χ1) is 6.29. The fourth-order valence-electron chi connectivity index (χ4n) is 0.593. The summed E-state index contributed by atoms with van der Waals surface area (Å²) in [5, 5.41) is 0. The van der Waals surface area contributed by atoms with Crippen LogP contribution in [0, 0.1) is 12.8 Å². The fourth-order valence-corrected chi connectivity index (χ4v) is 0.593. The second-order valence-electron chi connectivity index (χ2n) is 3.21. The first kappa shape index (κ1) is 12.2. The monoisotopic (exact) mass is 179 g/mol. The molecular formula is C12H21N. The van der Waals surface area contributed by atoms with Crippen molar-refractivity contribution < 1.29 is 0 Å². The molecule has 74 valence electrons. The van der Waals surface area contributed by atoms with Gasteiger partial charge in [0.25, 0.3) is 0 Å². The fraction of sp³-hybridized carbons (Fsp3) is 0.583. The molecule has 13 heavy (non-hydrogen) atoms. The van der Waals surface area contributed by atoms with Crippen LogP contribution in [0.15, 0.2) is 24.5 Å². The predicted octanol–water partition coefficient (Wildman–Crippen LogP) is 3.83. The van der Waals surface area contributed by atoms with Crippen molar-refractivity contribution in [2.75, 3.05) is 0 Å². The molecule has 0 unspecified atom stereocenters. The molecule has 1 aliphatic carbocycles. The third-order valence-corrected chi connectivity index (χ3v) is 1.71. The van der Waals surface area contributed by atoms with Crippen LogP contribution in [0.5, 0.6) is 0 Å².